The Bertz CT molecular complexity index is 493. The Morgan fingerprint density at radius 3 is 2.72 bits per heavy atom. The zero-order valence-electron chi connectivity index (χ0n) is 11.0. The monoisotopic (exact) mass is 251 g/mol. The predicted molar refractivity (Wildman–Crippen MR) is 63.6 cm³/mol. The Labute approximate surface area is 105 Å². The summed E-state index contributed by atoms with van der Waals surface area (Å²) in [4.78, 5) is 29.5. The molecule has 2 amide bonds. The van der Waals surface area contributed by atoms with Gasteiger partial charge in [-0.15, -0.1) is 0 Å². The second kappa shape index (κ2) is 4.12. The van der Waals surface area contributed by atoms with E-state index in [-0.39, 0.29) is 24.4 Å². The number of aromatic nitrogens is 1. The van der Waals surface area contributed by atoms with Gasteiger partial charge in [-0.2, -0.15) is 0 Å². The summed E-state index contributed by atoms with van der Waals surface area (Å²) in [6.07, 6.45) is 1.60. The smallest absolute Gasteiger partial charge is 0.248 e. The van der Waals surface area contributed by atoms with E-state index in [2.05, 4.69) is 10.3 Å². The van der Waals surface area contributed by atoms with Crippen molar-refractivity contribution in [2.24, 2.45) is 0 Å². The molecule has 0 aromatic carbocycles. The molecule has 2 heterocycles. The maximum Gasteiger partial charge on any atom is 0.248 e. The fraction of sp³-hybridized carbons (Fsp3) is 0.583. The van der Waals surface area contributed by atoms with Crippen LogP contribution in [0.1, 0.15) is 38.5 Å². The van der Waals surface area contributed by atoms with Crippen LogP contribution in [-0.4, -0.2) is 33.8 Å². The zero-order valence-corrected chi connectivity index (χ0v) is 11.0. The Kier molecular flexibility index (Phi) is 2.88. The van der Waals surface area contributed by atoms with Gasteiger partial charge in [-0.25, -0.2) is 4.98 Å². The predicted octanol–water partition coefficient (Wildman–Crippen LogP) is 0.781. The molecular weight excluding hydrogens is 234 g/mol. The molecule has 98 valence electrons. The van der Waals surface area contributed by atoms with E-state index < -0.39 is 5.54 Å². The van der Waals surface area contributed by atoms with Crippen LogP contribution in [0.15, 0.2) is 10.6 Å². The van der Waals surface area contributed by atoms with Gasteiger partial charge in [-0.05, 0) is 27.7 Å². The van der Waals surface area contributed by atoms with E-state index in [9.17, 15) is 9.59 Å². The van der Waals surface area contributed by atoms with Crippen molar-refractivity contribution < 1.29 is 14.0 Å². The number of nitrogens with one attached hydrogen (secondary N) is 1. The summed E-state index contributed by atoms with van der Waals surface area (Å²) in [6.45, 7) is 7.00. The molecule has 1 aromatic heterocycles. The SMILES string of the molecule is Cc1cnc(C(C)N2CC(=O)NC(C)(C)C2=O)o1. The fourth-order valence-electron chi connectivity index (χ4n) is 2.04. The highest BCUT2D eigenvalue weighted by Gasteiger charge is 2.42. The van der Waals surface area contributed by atoms with Crippen LogP contribution in [0.5, 0.6) is 0 Å². The number of hydrogen-bond acceptors (Lipinski definition) is 4. The van der Waals surface area contributed by atoms with Crippen LogP contribution in [0.4, 0.5) is 0 Å². The molecule has 0 bridgehead atoms. The standard InChI is InChI=1S/C12H17N3O3/c1-7-5-13-10(18-7)8(2)15-6-9(16)14-12(3,4)11(15)17/h5,8H,6H2,1-4H3,(H,14,16). The van der Waals surface area contributed by atoms with Gasteiger partial charge in [0.25, 0.3) is 0 Å². The van der Waals surface area contributed by atoms with Gasteiger partial charge in [0, 0.05) is 0 Å². The summed E-state index contributed by atoms with van der Waals surface area (Å²) in [5, 5.41) is 2.67. The highest BCUT2D eigenvalue weighted by molar-refractivity contribution is 5.97. The minimum atomic E-state index is -0.884. The van der Waals surface area contributed by atoms with Crippen LogP contribution in [0.2, 0.25) is 0 Å². The lowest BCUT2D eigenvalue weighted by molar-refractivity contribution is -0.151. The molecule has 0 aliphatic carbocycles. The fourth-order valence-corrected chi connectivity index (χ4v) is 2.04. The van der Waals surface area contributed by atoms with Gasteiger partial charge in [-0.1, -0.05) is 0 Å². The summed E-state index contributed by atoms with van der Waals surface area (Å²) in [6, 6.07) is -0.350. The van der Waals surface area contributed by atoms with Crippen molar-refractivity contribution in [2.45, 2.75) is 39.3 Å². The summed E-state index contributed by atoms with van der Waals surface area (Å²) in [5.74, 6) is 0.830. The Balaban J connectivity index is 2.26. The van der Waals surface area contributed by atoms with Crippen molar-refractivity contribution in [3.8, 4) is 0 Å². The minimum Gasteiger partial charge on any atom is -0.444 e. The van der Waals surface area contributed by atoms with E-state index in [4.69, 9.17) is 4.42 Å². The van der Waals surface area contributed by atoms with Gasteiger partial charge in [0.1, 0.15) is 23.9 Å². The molecule has 1 aliphatic rings. The number of hydrogen-bond donors (Lipinski definition) is 1. The van der Waals surface area contributed by atoms with Gasteiger partial charge in [0.15, 0.2) is 0 Å². The average Bonchev–Trinajstić information content (AvgIpc) is 2.68. The van der Waals surface area contributed by atoms with E-state index in [1.165, 1.54) is 4.90 Å². The van der Waals surface area contributed by atoms with Crippen LogP contribution in [0.25, 0.3) is 0 Å². The summed E-state index contributed by atoms with van der Waals surface area (Å²) in [7, 11) is 0. The first kappa shape index (κ1) is 12.6. The second-order valence-corrected chi connectivity index (χ2v) is 5.09. The number of carbonyl (C=O) groups is 2. The molecule has 1 fully saturated rings. The summed E-state index contributed by atoms with van der Waals surface area (Å²) in [5.41, 5.74) is -0.884. The van der Waals surface area contributed by atoms with Crippen molar-refractivity contribution >= 4 is 11.8 Å². The van der Waals surface area contributed by atoms with E-state index in [1.54, 1.807) is 33.9 Å². The van der Waals surface area contributed by atoms with Gasteiger partial charge >= 0.3 is 0 Å². The number of carbonyl (C=O) groups excluding carboxylic acids is 2. The van der Waals surface area contributed by atoms with Crippen LogP contribution >= 0.6 is 0 Å². The van der Waals surface area contributed by atoms with E-state index in [0.29, 0.717) is 11.7 Å². The molecule has 1 atom stereocenters. The Morgan fingerprint density at radius 2 is 2.17 bits per heavy atom. The molecule has 1 saturated heterocycles. The molecule has 0 radical (unpaired) electrons. The number of amides is 2. The van der Waals surface area contributed by atoms with Crippen LogP contribution < -0.4 is 5.32 Å². The third-order valence-corrected chi connectivity index (χ3v) is 3.03. The van der Waals surface area contributed by atoms with Crippen molar-refractivity contribution in [2.75, 3.05) is 6.54 Å². The largest absolute Gasteiger partial charge is 0.444 e. The van der Waals surface area contributed by atoms with Crippen LogP contribution in [0, 0.1) is 6.92 Å². The first-order valence-corrected chi connectivity index (χ1v) is 5.85. The first-order valence-electron chi connectivity index (χ1n) is 5.85. The average molecular weight is 251 g/mol. The molecular formula is C12H17N3O3. The molecule has 1 aliphatic heterocycles. The first-order chi connectivity index (χ1) is 8.31. The van der Waals surface area contributed by atoms with Crippen LogP contribution in [0.3, 0.4) is 0 Å². The molecule has 1 unspecified atom stereocenters. The molecule has 6 heteroatoms. The molecule has 2 rings (SSSR count). The lowest BCUT2D eigenvalue weighted by Gasteiger charge is -2.39. The molecule has 0 spiro atoms. The molecule has 1 aromatic rings. The third kappa shape index (κ3) is 2.10. The normalized spacial score (nSPS) is 20.8. The summed E-state index contributed by atoms with van der Waals surface area (Å²) >= 11 is 0. The van der Waals surface area contributed by atoms with Gasteiger partial charge in [-0.3, -0.25) is 9.59 Å². The zero-order chi connectivity index (χ0) is 13.5. The van der Waals surface area contributed by atoms with Gasteiger partial charge < -0.3 is 14.6 Å². The van der Waals surface area contributed by atoms with E-state index in [1.807, 2.05) is 0 Å². The minimum absolute atomic E-state index is 0.0326. The highest BCUT2D eigenvalue weighted by Crippen LogP contribution is 2.25. The second-order valence-electron chi connectivity index (χ2n) is 5.09. The Morgan fingerprint density at radius 1 is 1.50 bits per heavy atom. The number of oxazole rings is 1. The Hall–Kier alpha value is -1.85. The lowest BCUT2D eigenvalue weighted by Crippen LogP contribution is -2.64. The molecule has 0 saturated carbocycles. The summed E-state index contributed by atoms with van der Waals surface area (Å²) < 4.78 is 5.41. The van der Waals surface area contributed by atoms with Crippen molar-refractivity contribution in [3.63, 3.8) is 0 Å². The van der Waals surface area contributed by atoms with E-state index >= 15 is 0 Å². The topological polar surface area (TPSA) is 75.4 Å². The van der Waals surface area contributed by atoms with E-state index in [0.717, 1.165) is 0 Å². The number of piperazine rings is 1. The lowest BCUT2D eigenvalue weighted by atomic mass is 9.99. The highest BCUT2D eigenvalue weighted by atomic mass is 16.4. The van der Waals surface area contributed by atoms with Crippen molar-refractivity contribution in [1.29, 1.82) is 0 Å². The molecule has 18 heavy (non-hydrogen) atoms. The number of aryl methyl sites for hydroxylation is 1. The quantitative estimate of drug-likeness (QED) is 0.842. The molecule has 6 nitrogen and oxygen atoms in total. The van der Waals surface area contributed by atoms with Crippen molar-refractivity contribution in [1.82, 2.24) is 15.2 Å². The van der Waals surface area contributed by atoms with Gasteiger partial charge in [0.2, 0.25) is 17.7 Å². The molecule has 1 N–H and O–H groups in total. The third-order valence-electron chi connectivity index (χ3n) is 3.03. The van der Waals surface area contributed by atoms with Crippen LogP contribution in [-0.2, 0) is 9.59 Å². The maximum atomic E-state index is 12.3. The van der Waals surface area contributed by atoms with Crippen molar-refractivity contribution in [3.05, 3.63) is 17.8 Å². The number of nitrogens with zero attached hydrogens (tertiary/aromatic N) is 2. The maximum absolute atomic E-state index is 12.3. The number of rotatable bonds is 2. The van der Waals surface area contributed by atoms with Gasteiger partial charge in [0.05, 0.1) is 6.20 Å².